The Kier molecular flexibility index (Phi) is 5.69. The molecule has 2 aliphatic rings. The van der Waals surface area contributed by atoms with Gasteiger partial charge in [-0.3, -0.25) is 9.59 Å². The summed E-state index contributed by atoms with van der Waals surface area (Å²) >= 11 is 5.85. The highest BCUT2D eigenvalue weighted by atomic mass is 35.5. The van der Waals surface area contributed by atoms with Crippen molar-refractivity contribution in [1.29, 1.82) is 0 Å². The van der Waals surface area contributed by atoms with E-state index in [1.807, 2.05) is 4.90 Å². The minimum Gasteiger partial charge on any atom is -0.368 e. The summed E-state index contributed by atoms with van der Waals surface area (Å²) in [6, 6.07) is 10.6. The highest BCUT2D eigenvalue weighted by molar-refractivity contribution is 6.31. The maximum absolute atomic E-state index is 13.4. The average molecular weight is 430 g/mol. The van der Waals surface area contributed by atoms with Gasteiger partial charge in [-0.25, -0.2) is 4.39 Å². The first kappa shape index (κ1) is 20.7. The molecule has 5 nitrogen and oxygen atoms in total. The third-order valence-electron chi connectivity index (χ3n) is 5.99. The molecule has 2 fully saturated rings. The first-order valence-electron chi connectivity index (χ1n) is 10.2. The molecule has 1 atom stereocenters. The van der Waals surface area contributed by atoms with Gasteiger partial charge in [0.25, 0.3) is 0 Å². The Bertz CT molecular complexity index is 988. The number of hydrogen-bond acceptors (Lipinski definition) is 3. The first-order chi connectivity index (χ1) is 14.3. The number of anilines is 2. The maximum Gasteiger partial charge on any atom is 0.228 e. The van der Waals surface area contributed by atoms with Crippen LogP contribution in [0.5, 0.6) is 0 Å². The molecule has 7 heteroatoms. The topological polar surface area (TPSA) is 43.9 Å². The number of amides is 2. The molecule has 0 aliphatic carbocycles. The Labute approximate surface area is 181 Å². The second-order valence-corrected chi connectivity index (χ2v) is 8.51. The van der Waals surface area contributed by atoms with E-state index in [0.717, 1.165) is 13.1 Å². The lowest BCUT2D eigenvalue weighted by Gasteiger charge is -2.37. The van der Waals surface area contributed by atoms with Gasteiger partial charge in [0.1, 0.15) is 5.82 Å². The molecular formula is C23H25ClFN3O2. The van der Waals surface area contributed by atoms with E-state index < -0.39 is 5.82 Å². The molecule has 0 spiro atoms. The van der Waals surface area contributed by atoms with Crippen molar-refractivity contribution in [1.82, 2.24) is 4.90 Å². The van der Waals surface area contributed by atoms with E-state index in [4.69, 9.17) is 11.6 Å². The fraction of sp³-hybridized carbons (Fsp3) is 0.391. The van der Waals surface area contributed by atoms with Gasteiger partial charge in [-0.2, -0.15) is 0 Å². The van der Waals surface area contributed by atoms with Gasteiger partial charge in [-0.1, -0.05) is 23.7 Å². The van der Waals surface area contributed by atoms with E-state index in [0.29, 0.717) is 25.3 Å². The Balaban J connectivity index is 1.39. The van der Waals surface area contributed by atoms with Crippen LogP contribution in [0.15, 0.2) is 36.4 Å². The molecule has 2 heterocycles. The van der Waals surface area contributed by atoms with E-state index in [9.17, 15) is 14.0 Å². The van der Waals surface area contributed by atoms with Crippen LogP contribution in [-0.4, -0.2) is 49.4 Å². The van der Waals surface area contributed by atoms with Crippen molar-refractivity contribution in [3.8, 4) is 0 Å². The molecule has 2 aromatic carbocycles. The van der Waals surface area contributed by atoms with Crippen LogP contribution >= 0.6 is 11.6 Å². The number of aryl methyl sites for hydroxylation is 2. The lowest BCUT2D eigenvalue weighted by Crippen LogP contribution is -2.50. The van der Waals surface area contributed by atoms with Crippen molar-refractivity contribution in [3.63, 3.8) is 0 Å². The molecule has 0 N–H and O–H groups in total. The van der Waals surface area contributed by atoms with E-state index in [1.165, 1.54) is 39.9 Å². The van der Waals surface area contributed by atoms with Gasteiger partial charge in [0.05, 0.1) is 10.9 Å². The van der Waals surface area contributed by atoms with Crippen LogP contribution in [0.1, 0.15) is 17.5 Å². The summed E-state index contributed by atoms with van der Waals surface area (Å²) in [7, 11) is 0. The predicted molar refractivity (Wildman–Crippen MR) is 117 cm³/mol. The summed E-state index contributed by atoms with van der Waals surface area (Å²) in [5.74, 6) is -1.03. The quantitative estimate of drug-likeness (QED) is 0.745. The molecule has 2 saturated heterocycles. The van der Waals surface area contributed by atoms with Crippen LogP contribution in [0.25, 0.3) is 0 Å². The minimum atomic E-state index is -0.526. The molecule has 0 aromatic heterocycles. The average Bonchev–Trinajstić information content (AvgIpc) is 3.13. The Morgan fingerprint density at radius 3 is 2.50 bits per heavy atom. The molecule has 2 amide bonds. The zero-order valence-electron chi connectivity index (χ0n) is 17.2. The molecule has 0 bridgehead atoms. The van der Waals surface area contributed by atoms with Crippen molar-refractivity contribution >= 4 is 34.8 Å². The van der Waals surface area contributed by atoms with Crippen LogP contribution in [0.2, 0.25) is 5.02 Å². The zero-order valence-corrected chi connectivity index (χ0v) is 18.0. The standard InChI is InChI=1S/C23H25ClFN3O2/c1-15-3-4-16(2)21(11-15)26-7-9-27(10-8-26)23(30)17-12-22(29)28(14-17)18-5-6-20(25)19(24)13-18/h3-6,11,13,17H,7-10,12,14H2,1-2H3/t17-/m0/s1. The van der Waals surface area contributed by atoms with Crippen molar-refractivity contribution in [2.45, 2.75) is 20.3 Å². The normalized spacial score (nSPS) is 19.5. The van der Waals surface area contributed by atoms with Crippen LogP contribution < -0.4 is 9.80 Å². The summed E-state index contributed by atoms with van der Waals surface area (Å²) in [6.45, 7) is 7.31. The smallest absolute Gasteiger partial charge is 0.228 e. The van der Waals surface area contributed by atoms with Crippen LogP contribution in [0, 0.1) is 25.6 Å². The van der Waals surface area contributed by atoms with Gasteiger partial charge in [0.15, 0.2) is 0 Å². The highest BCUT2D eigenvalue weighted by Crippen LogP contribution is 2.30. The van der Waals surface area contributed by atoms with E-state index in [1.54, 1.807) is 0 Å². The molecule has 2 aliphatic heterocycles. The number of carbonyl (C=O) groups excluding carboxylic acids is 2. The van der Waals surface area contributed by atoms with E-state index in [2.05, 4.69) is 36.9 Å². The van der Waals surface area contributed by atoms with Gasteiger partial charge >= 0.3 is 0 Å². The minimum absolute atomic E-state index is 0.0136. The summed E-state index contributed by atoms with van der Waals surface area (Å²) in [6.07, 6.45) is 0.172. The van der Waals surface area contributed by atoms with Gasteiger partial charge in [0.2, 0.25) is 11.8 Å². The zero-order chi connectivity index (χ0) is 21.4. The first-order valence-corrected chi connectivity index (χ1v) is 10.6. The summed E-state index contributed by atoms with van der Waals surface area (Å²) in [5.41, 5.74) is 4.20. The molecule has 158 valence electrons. The molecule has 30 heavy (non-hydrogen) atoms. The van der Waals surface area contributed by atoms with Gasteiger partial charge < -0.3 is 14.7 Å². The lowest BCUT2D eigenvalue weighted by molar-refractivity contribution is -0.136. The van der Waals surface area contributed by atoms with Gasteiger partial charge in [-0.15, -0.1) is 0 Å². The Morgan fingerprint density at radius 2 is 1.80 bits per heavy atom. The maximum atomic E-state index is 13.4. The SMILES string of the molecule is Cc1ccc(C)c(N2CCN(C(=O)[C@H]3CC(=O)N(c4ccc(F)c(Cl)c4)C3)CC2)c1. The number of carbonyl (C=O) groups is 2. The molecule has 0 saturated carbocycles. The van der Waals surface area contributed by atoms with E-state index in [-0.39, 0.29) is 29.2 Å². The van der Waals surface area contributed by atoms with Crippen LogP contribution in [0.4, 0.5) is 15.8 Å². The van der Waals surface area contributed by atoms with Crippen molar-refractivity contribution in [3.05, 3.63) is 58.4 Å². The van der Waals surface area contributed by atoms with Crippen molar-refractivity contribution in [2.24, 2.45) is 5.92 Å². The number of halogens is 2. The van der Waals surface area contributed by atoms with E-state index >= 15 is 0 Å². The summed E-state index contributed by atoms with van der Waals surface area (Å²) < 4.78 is 13.4. The van der Waals surface area contributed by atoms with Crippen LogP contribution in [0.3, 0.4) is 0 Å². The van der Waals surface area contributed by atoms with Crippen molar-refractivity contribution < 1.29 is 14.0 Å². The van der Waals surface area contributed by atoms with Gasteiger partial charge in [0, 0.05) is 50.5 Å². The monoisotopic (exact) mass is 429 g/mol. The third-order valence-corrected chi connectivity index (χ3v) is 6.28. The fourth-order valence-corrected chi connectivity index (χ4v) is 4.44. The number of hydrogen-bond donors (Lipinski definition) is 0. The summed E-state index contributed by atoms with van der Waals surface area (Å²) in [4.78, 5) is 31.2. The fourth-order valence-electron chi connectivity index (χ4n) is 4.26. The largest absolute Gasteiger partial charge is 0.368 e. The Hall–Kier alpha value is -2.60. The molecule has 0 unspecified atom stereocenters. The molecular weight excluding hydrogens is 405 g/mol. The predicted octanol–water partition coefficient (Wildman–Crippen LogP) is 3.80. The van der Waals surface area contributed by atoms with Gasteiger partial charge in [-0.05, 0) is 49.2 Å². The molecule has 2 aromatic rings. The number of rotatable bonds is 3. The number of piperazine rings is 1. The number of benzene rings is 2. The van der Waals surface area contributed by atoms with Crippen molar-refractivity contribution in [2.75, 3.05) is 42.5 Å². The van der Waals surface area contributed by atoms with Crippen LogP contribution in [-0.2, 0) is 9.59 Å². The lowest BCUT2D eigenvalue weighted by atomic mass is 10.1. The second kappa shape index (κ2) is 8.26. The third kappa shape index (κ3) is 4.01. The number of nitrogens with zero attached hydrogens (tertiary/aromatic N) is 3. The summed E-state index contributed by atoms with van der Waals surface area (Å²) in [5, 5.41) is -0.0300. The highest BCUT2D eigenvalue weighted by Gasteiger charge is 2.38. The second-order valence-electron chi connectivity index (χ2n) is 8.11. The Morgan fingerprint density at radius 1 is 1.07 bits per heavy atom. The molecule has 0 radical (unpaired) electrons. The molecule has 4 rings (SSSR count).